The van der Waals surface area contributed by atoms with Gasteiger partial charge in [0.2, 0.25) is 0 Å². The van der Waals surface area contributed by atoms with Crippen molar-refractivity contribution in [2.24, 2.45) is 0 Å². The SMILES string of the molecule is CCOc1ccc(N2C(=O)C(=O)/C(=C(/O)c3cc(Cl)c(OC)cc3OC)C2c2ccc(OC)c(OC)c2)cc1. The van der Waals surface area contributed by atoms with E-state index in [9.17, 15) is 14.7 Å². The molecule has 1 aliphatic rings. The molecule has 4 rings (SSSR count). The van der Waals surface area contributed by atoms with Gasteiger partial charge in [0.1, 0.15) is 23.0 Å². The molecule has 9 nitrogen and oxygen atoms in total. The number of anilines is 1. The fraction of sp³-hybridized carbons (Fsp3) is 0.241. The lowest BCUT2D eigenvalue weighted by Gasteiger charge is -2.26. The van der Waals surface area contributed by atoms with E-state index in [0.717, 1.165) is 0 Å². The van der Waals surface area contributed by atoms with Crippen molar-refractivity contribution in [2.75, 3.05) is 39.9 Å². The van der Waals surface area contributed by atoms with Gasteiger partial charge < -0.3 is 28.8 Å². The van der Waals surface area contributed by atoms with E-state index in [4.69, 9.17) is 35.3 Å². The second-order valence-electron chi connectivity index (χ2n) is 8.40. The molecular formula is C29H28ClNO8. The van der Waals surface area contributed by atoms with E-state index >= 15 is 0 Å². The van der Waals surface area contributed by atoms with Gasteiger partial charge in [-0.25, -0.2) is 0 Å². The Bertz CT molecular complexity index is 1430. The molecule has 0 bridgehead atoms. The fourth-order valence-corrected chi connectivity index (χ4v) is 4.74. The summed E-state index contributed by atoms with van der Waals surface area (Å²) in [5, 5.41) is 11.8. The lowest BCUT2D eigenvalue weighted by molar-refractivity contribution is -0.132. The van der Waals surface area contributed by atoms with Crippen LogP contribution in [0.4, 0.5) is 5.69 Å². The molecular weight excluding hydrogens is 526 g/mol. The molecule has 1 fully saturated rings. The topological polar surface area (TPSA) is 104 Å². The van der Waals surface area contributed by atoms with Gasteiger partial charge >= 0.3 is 0 Å². The van der Waals surface area contributed by atoms with Crippen molar-refractivity contribution in [1.29, 1.82) is 0 Å². The number of ether oxygens (including phenoxy) is 5. The number of halogens is 1. The second kappa shape index (κ2) is 11.6. The minimum absolute atomic E-state index is 0.124. The molecule has 0 saturated carbocycles. The van der Waals surface area contributed by atoms with E-state index in [-0.39, 0.29) is 21.9 Å². The molecule has 1 amide bonds. The Morgan fingerprint density at radius 3 is 2.08 bits per heavy atom. The van der Waals surface area contributed by atoms with Gasteiger partial charge in [-0.3, -0.25) is 14.5 Å². The molecule has 1 atom stereocenters. The highest BCUT2D eigenvalue weighted by Gasteiger charge is 2.47. The zero-order valence-corrected chi connectivity index (χ0v) is 22.9. The van der Waals surface area contributed by atoms with Gasteiger partial charge in [0.15, 0.2) is 11.5 Å². The molecule has 3 aromatic carbocycles. The Hall–Kier alpha value is -4.37. The number of ketones is 1. The summed E-state index contributed by atoms with van der Waals surface area (Å²) in [4.78, 5) is 28.4. The molecule has 1 heterocycles. The second-order valence-corrected chi connectivity index (χ2v) is 8.80. The number of carbonyl (C=O) groups excluding carboxylic acids is 2. The van der Waals surface area contributed by atoms with Crippen LogP contribution in [-0.2, 0) is 9.59 Å². The molecule has 10 heteroatoms. The van der Waals surface area contributed by atoms with Gasteiger partial charge in [0, 0.05) is 11.8 Å². The first-order chi connectivity index (χ1) is 18.8. The van der Waals surface area contributed by atoms with Crippen LogP contribution in [0.1, 0.15) is 24.1 Å². The van der Waals surface area contributed by atoms with E-state index in [0.29, 0.717) is 40.9 Å². The van der Waals surface area contributed by atoms with Gasteiger partial charge in [-0.05, 0) is 55.0 Å². The first-order valence-electron chi connectivity index (χ1n) is 12.0. The average Bonchev–Trinajstić information content (AvgIpc) is 3.22. The number of nitrogens with zero attached hydrogens (tertiary/aromatic N) is 1. The Kier molecular flexibility index (Phi) is 8.21. The third-order valence-corrected chi connectivity index (χ3v) is 6.62. The van der Waals surface area contributed by atoms with Crippen molar-refractivity contribution in [2.45, 2.75) is 13.0 Å². The number of Topliss-reactive ketones (excluding diaryl/α,β-unsaturated/α-hetero) is 1. The summed E-state index contributed by atoms with van der Waals surface area (Å²) in [5.41, 5.74) is 0.902. The number of carbonyl (C=O) groups is 2. The van der Waals surface area contributed by atoms with Crippen LogP contribution in [0.2, 0.25) is 5.02 Å². The van der Waals surface area contributed by atoms with Crippen molar-refractivity contribution in [3.05, 3.63) is 76.3 Å². The molecule has 0 radical (unpaired) electrons. The van der Waals surface area contributed by atoms with Crippen LogP contribution in [0.15, 0.2) is 60.2 Å². The third kappa shape index (κ3) is 5.05. The molecule has 0 aromatic heterocycles. The molecule has 0 aliphatic carbocycles. The van der Waals surface area contributed by atoms with Crippen LogP contribution in [-0.4, -0.2) is 51.8 Å². The molecule has 0 spiro atoms. The Morgan fingerprint density at radius 1 is 0.846 bits per heavy atom. The minimum Gasteiger partial charge on any atom is -0.507 e. The summed E-state index contributed by atoms with van der Waals surface area (Å²) < 4.78 is 27.1. The maximum Gasteiger partial charge on any atom is 0.300 e. The van der Waals surface area contributed by atoms with E-state index in [1.807, 2.05) is 6.92 Å². The summed E-state index contributed by atoms with van der Waals surface area (Å²) in [6, 6.07) is 13.7. The van der Waals surface area contributed by atoms with Gasteiger partial charge in [-0.1, -0.05) is 17.7 Å². The highest BCUT2D eigenvalue weighted by Crippen LogP contribution is 2.46. The summed E-state index contributed by atoms with van der Waals surface area (Å²) >= 11 is 6.35. The van der Waals surface area contributed by atoms with Crippen LogP contribution in [0.5, 0.6) is 28.7 Å². The van der Waals surface area contributed by atoms with Crippen molar-refractivity contribution in [1.82, 2.24) is 0 Å². The van der Waals surface area contributed by atoms with Gasteiger partial charge in [-0.15, -0.1) is 0 Å². The van der Waals surface area contributed by atoms with Crippen LogP contribution >= 0.6 is 11.6 Å². The van der Waals surface area contributed by atoms with Crippen LogP contribution < -0.4 is 28.6 Å². The average molecular weight is 554 g/mol. The molecule has 1 saturated heterocycles. The number of amides is 1. The van der Waals surface area contributed by atoms with Crippen LogP contribution in [0.25, 0.3) is 5.76 Å². The quantitative estimate of drug-likeness (QED) is 0.213. The van der Waals surface area contributed by atoms with Crippen molar-refractivity contribution >= 4 is 34.7 Å². The predicted molar refractivity (Wildman–Crippen MR) is 146 cm³/mol. The van der Waals surface area contributed by atoms with Crippen molar-refractivity contribution < 1.29 is 38.4 Å². The molecule has 3 aromatic rings. The number of benzene rings is 3. The lowest BCUT2D eigenvalue weighted by Crippen LogP contribution is -2.29. The Morgan fingerprint density at radius 2 is 1.49 bits per heavy atom. The van der Waals surface area contributed by atoms with Crippen LogP contribution in [0.3, 0.4) is 0 Å². The minimum atomic E-state index is -1.02. The monoisotopic (exact) mass is 553 g/mol. The van der Waals surface area contributed by atoms with Gasteiger partial charge in [0.25, 0.3) is 11.7 Å². The number of methoxy groups -OCH3 is 4. The van der Waals surface area contributed by atoms with Crippen LogP contribution in [0, 0.1) is 0 Å². The number of hydrogen-bond donors (Lipinski definition) is 1. The number of aliphatic hydroxyl groups excluding tert-OH is 1. The number of rotatable bonds is 9. The van der Waals surface area contributed by atoms with Crippen molar-refractivity contribution in [3.63, 3.8) is 0 Å². The smallest absolute Gasteiger partial charge is 0.300 e. The van der Waals surface area contributed by atoms with E-state index in [1.54, 1.807) is 42.5 Å². The van der Waals surface area contributed by atoms with Gasteiger partial charge in [-0.2, -0.15) is 0 Å². The predicted octanol–water partition coefficient (Wildman–Crippen LogP) is 5.40. The number of aliphatic hydroxyl groups is 1. The highest BCUT2D eigenvalue weighted by atomic mass is 35.5. The summed E-state index contributed by atoms with van der Waals surface area (Å²) in [6.07, 6.45) is 0. The molecule has 1 unspecified atom stereocenters. The summed E-state index contributed by atoms with van der Waals surface area (Å²) in [6.45, 7) is 2.34. The zero-order chi connectivity index (χ0) is 28.3. The molecule has 204 valence electrons. The first-order valence-corrected chi connectivity index (χ1v) is 12.3. The third-order valence-electron chi connectivity index (χ3n) is 6.32. The Labute approximate surface area is 231 Å². The summed E-state index contributed by atoms with van der Waals surface area (Å²) in [5.74, 6) is -0.182. The molecule has 39 heavy (non-hydrogen) atoms. The molecule has 1 N–H and O–H groups in total. The van der Waals surface area contributed by atoms with E-state index in [2.05, 4.69) is 0 Å². The van der Waals surface area contributed by atoms with Crippen molar-refractivity contribution in [3.8, 4) is 28.7 Å². The van der Waals surface area contributed by atoms with E-state index in [1.165, 1.54) is 45.5 Å². The first kappa shape index (κ1) is 27.7. The zero-order valence-electron chi connectivity index (χ0n) is 22.1. The summed E-state index contributed by atoms with van der Waals surface area (Å²) in [7, 11) is 5.84. The fourth-order valence-electron chi connectivity index (χ4n) is 4.50. The standard InChI is InChI=1S/C29H28ClNO8/c1-6-39-18-10-8-17(9-11-18)31-26(16-7-12-21(35-2)24(13-16)38-5)25(28(33)29(31)34)27(32)19-14-20(30)23(37-4)15-22(19)36-3/h7-15,26,32H,6H2,1-5H3/b27-25+. The Balaban J connectivity index is 1.98. The normalized spacial score (nSPS) is 16.3. The maximum atomic E-state index is 13.6. The largest absolute Gasteiger partial charge is 0.507 e. The molecule has 1 aliphatic heterocycles. The lowest BCUT2D eigenvalue weighted by atomic mass is 9.94. The highest BCUT2D eigenvalue weighted by molar-refractivity contribution is 6.51. The van der Waals surface area contributed by atoms with Gasteiger partial charge in [0.05, 0.1) is 57.2 Å². The maximum absolute atomic E-state index is 13.6. The number of hydrogen-bond acceptors (Lipinski definition) is 8. The van der Waals surface area contributed by atoms with E-state index < -0.39 is 23.5 Å².